The van der Waals surface area contributed by atoms with Crippen molar-refractivity contribution in [1.29, 1.82) is 0 Å². The van der Waals surface area contributed by atoms with E-state index in [0.29, 0.717) is 5.69 Å². The van der Waals surface area contributed by atoms with E-state index in [2.05, 4.69) is 9.97 Å². The fourth-order valence-electron chi connectivity index (χ4n) is 1.38. The Morgan fingerprint density at radius 1 is 1.26 bits per heavy atom. The van der Waals surface area contributed by atoms with Gasteiger partial charge in [0.2, 0.25) is 0 Å². The molecule has 0 aromatic carbocycles. The number of halogens is 2. The maximum Gasteiger partial charge on any atom is 0.265 e. The van der Waals surface area contributed by atoms with Gasteiger partial charge in [0.25, 0.3) is 10.0 Å². The molecule has 0 saturated heterocycles. The monoisotopic (exact) mass is 317 g/mol. The number of hydrogen-bond acceptors (Lipinski definition) is 4. The third-order valence-corrected chi connectivity index (χ3v) is 4.88. The van der Waals surface area contributed by atoms with E-state index in [-0.39, 0.29) is 15.1 Å². The van der Waals surface area contributed by atoms with Crippen LogP contribution in [0.15, 0.2) is 41.7 Å². The first kappa shape index (κ1) is 14.0. The van der Waals surface area contributed by atoms with Gasteiger partial charge in [-0.15, -0.1) is 0 Å². The fraction of sp³-hybridized carbons (Fsp3) is 0.0909. The molecular weight excluding hydrogens is 309 g/mol. The molecule has 19 heavy (non-hydrogen) atoms. The van der Waals surface area contributed by atoms with E-state index in [0.717, 1.165) is 10.5 Å². The first-order valence-electron chi connectivity index (χ1n) is 5.13. The summed E-state index contributed by atoms with van der Waals surface area (Å²) in [5.41, 5.74) is 0.438. The van der Waals surface area contributed by atoms with Crippen LogP contribution >= 0.6 is 23.2 Å². The number of aromatic nitrogens is 2. The lowest BCUT2D eigenvalue weighted by atomic mass is 10.4. The summed E-state index contributed by atoms with van der Waals surface area (Å²) < 4.78 is 25.8. The van der Waals surface area contributed by atoms with Gasteiger partial charge in [-0.25, -0.2) is 13.4 Å². The molecule has 0 N–H and O–H groups in total. The lowest BCUT2D eigenvalue weighted by Gasteiger charge is -2.18. The summed E-state index contributed by atoms with van der Waals surface area (Å²) in [4.78, 5) is 7.57. The Bertz CT molecular complexity index is 692. The molecule has 0 bridgehead atoms. The quantitative estimate of drug-likeness (QED) is 0.816. The third kappa shape index (κ3) is 2.80. The molecule has 0 saturated carbocycles. The molecule has 8 heteroatoms. The van der Waals surface area contributed by atoms with E-state index in [9.17, 15) is 8.42 Å². The van der Waals surface area contributed by atoms with Gasteiger partial charge in [-0.05, 0) is 18.2 Å². The molecule has 2 aromatic rings. The number of anilines is 1. The number of hydrogen-bond donors (Lipinski definition) is 0. The van der Waals surface area contributed by atoms with Gasteiger partial charge in [0.15, 0.2) is 0 Å². The van der Waals surface area contributed by atoms with Gasteiger partial charge in [-0.3, -0.25) is 9.29 Å². The molecule has 0 fully saturated rings. The predicted molar refractivity (Wildman–Crippen MR) is 74.1 cm³/mol. The van der Waals surface area contributed by atoms with E-state index in [1.54, 1.807) is 18.3 Å². The Hall–Kier alpha value is -1.37. The Balaban J connectivity index is 2.45. The second-order valence-corrected chi connectivity index (χ2v) is 6.36. The van der Waals surface area contributed by atoms with Gasteiger partial charge < -0.3 is 0 Å². The van der Waals surface area contributed by atoms with Crippen molar-refractivity contribution in [3.63, 3.8) is 0 Å². The predicted octanol–water partition coefficient (Wildman–Crippen LogP) is 2.61. The van der Waals surface area contributed by atoms with Gasteiger partial charge in [0.1, 0.15) is 10.0 Å². The van der Waals surface area contributed by atoms with Gasteiger partial charge in [0, 0.05) is 19.4 Å². The molecule has 0 unspecified atom stereocenters. The molecule has 0 amide bonds. The van der Waals surface area contributed by atoms with Crippen molar-refractivity contribution in [3.8, 4) is 0 Å². The maximum atomic E-state index is 12.4. The van der Waals surface area contributed by atoms with Gasteiger partial charge in [0.05, 0.1) is 16.9 Å². The summed E-state index contributed by atoms with van der Waals surface area (Å²) in [6.07, 6.45) is 4.17. The van der Waals surface area contributed by atoms with Crippen molar-refractivity contribution in [3.05, 3.63) is 47.0 Å². The van der Waals surface area contributed by atoms with Crippen molar-refractivity contribution < 1.29 is 8.42 Å². The van der Waals surface area contributed by atoms with Crippen molar-refractivity contribution in [2.75, 3.05) is 11.4 Å². The Morgan fingerprint density at radius 3 is 2.58 bits per heavy atom. The zero-order chi connectivity index (χ0) is 14.0. The van der Waals surface area contributed by atoms with Crippen molar-refractivity contribution >= 4 is 38.9 Å². The van der Waals surface area contributed by atoms with Crippen LogP contribution in [0.4, 0.5) is 5.69 Å². The molecular formula is C11H9Cl2N3O2S. The molecule has 0 aliphatic rings. The summed E-state index contributed by atoms with van der Waals surface area (Å²) in [6, 6.07) is 4.54. The third-order valence-electron chi connectivity index (χ3n) is 2.44. The van der Waals surface area contributed by atoms with Gasteiger partial charge in [-0.1, -0.05) is 23.2 Å². The van der Waals surface area contributed by atoms with Crippen LogP contribution in [-0.2, 0) is 10.0 Å². The number of pyridine rings is 2. The van der Waals surface area contributed by atoms with E-state index in [4.69, 9.17) is 23.2 Å². The standard InChI is InChI=1S/C11H9Cl2N3O2S/c1-16(8-3-2-4-14-6-8)19(17,18)9-5-10(12)11(13)15-7-9/h2-7H,1H3. The fourth-order valence-corrected chi connectivity index (χ4v) is 2.87. The van der Waals surface area contributed by atoms with Crippen LogP contribution in [0.5, 0.6) is 0 Å². The first-order chi connectivity index (χ1) is 8.93. The smallest absolute Gasteiger partial charge is 0.265 e. The Kier molecular flexibility index (Phi) is 3.93. The molecule has 0 aliphatic carbocycles. The zero-order valence-electron chi connectivity index (χ0n) is 9.79. The molecule has 0 atom stereocenters. The SMILES string of the molecule is CN(c1cccnc1)S(=O)(=O)c1cnc(Cl)c(Cl)c1. The van der Waals surface area contributed by atoms with Crippen LogP contribution in [0.2, 0.25) is 10.2 Å². The van der Waals surface area contributed by atoms with Crippen LogP contribution in [0.3, 0.4) is 0 Å². The van der Waals surface area contributed by atoms with E-state index < -0.39 is 10.0 Å². The lowest BCUT2D eigenvalue weighted by molar-refractivity contribution is 0.594. The highest BCUT2D eigenvalue weighted by Gasteiger charge is 2.22. The highest BCUT2D eigenvalue weighted by atomic mass is 35.5. The minimum absolute atomic E-state index is 0.0340. The topological polar surface area (TPSA) is 63.2 Å². The van der Waals surface area contributed by atoms with E-state index >= 15 is 0 Å². The van der Waals surface area contributed by atoms with Crippen LogP contribution in [-0.4, -0.2) is 25.4 Å². The molecule has 100 valence electrons. The Labute approximate surface area is 120 Å². The van der Waals surface area contributed by atoms with Crippen molar-refractivity contribution in [1.82, 2.24) is 9.97 Å². The molecule has 2 heterocycles. The van der Waals surface area contributed by atoms with E-state index in [1.807, 2.05) is 0 Å². The molecule has 0 radical (unpaired) electrons. The number of nitrogens with zero attached hydrogens (tertiary/aromatic N) is 3. The van der Waals surface area contributed by atoms with E-state index in [1.165, 1.54) is 19.3 Å². The van der Waals surface area contributed by atoms with Crippen LogP contribution in [0.1, 0.15) is 0 Å². The second kappa shape index (κ2) is 5.32. The van der Waals surface area contributed by atoms with Crippen LogP contribution in [0.25, 0.3) is 0 Å². The van der Waals surface area contributed by atoms with Crippen molar-refractivity contribution in [2.45, 2.75) is 4.90 Å². The van der Waals surface area contributed by atoms with Gasteiger partial charge in [-0.2, -0.15) is 0 Å². The van der Waals surface area contributed by atoms with Gasteiger partial charge >= 0.3 is 0 Å². The molecule has 0 spiro atoms. The Morgan fingerprint density at radius 2 is 2.00 bits per heavy atom. The number of rotatable bonds is 3. The summed E-state index contributed by atoms with van der Waals surface area (Å²) in [6.45, 7) is 0. The first-order valence-corrected chi connectivity index (χ1v) is 7.32. The molecule has 2 aromatic heterocycles. The van der Waals surface area contributed by atoms with Crippen molar-refractivity contribution in [2.24, 2.45) is 0 Å². The second-order valence-electron chi connectivity index (χ2n) is 3.63. The lowest BCUT2D eigenvalue weighted by Crippen LogP contribution is -2.26. The normalized spacial score (nSPS) is 11.3. The minimum Gasteiger partial charge on any atom is -0.268 e. The molecule has 2 rings (SSSR count). The van der Waals surface area contributed by atoms with Crippen LogP contribution < -0.4 is 4.31 Å². The largest absolute Gasteiger partial charge is 0.268 e. The summed E-state index contributed by atoms with van der Waals surface area (Å²) in [5.74, 6) is 0. The number of sulfonamides is 1. The van der Waals surface area contributed by atoms with Crippen LogP contribution in [0, 0.1) is 0 Å². The zero-order valence-corrected chi connectivity index (χ0v) is 12.1. The highest BCUT2D eigenvalue weighted by molar-refractivity contribution is 7.92. The minimum atomic E-state index is -3.74. The average Bonchev–Trinajstić information content (AvgIpc) is 2.41. The molecule has 5 nitrogen and oxygen atoms in total. The highest BCUT2D eigenvalue weighted by Crippen LogP contribution is 2.25. The summed E-state index contributed by atoms with van der Waals surface area (Å²) >= 11 is 11.4. The maximum absolute atomic E-state index is 12.4. The molecule has 0 aliphatic heterocycles. The summed E-state index contributed by atoms with van der Waals surface area (Å²) in [5, 5.41) is 0.145. The average molecular weight is 318 g/mol. The summed E-state index contributed by atoms with van der Waals surface area (Å²) in [7, 11) is -2.32.